The Labute approximate surface area is 86.7 Å². The number of rotatable bonds is 2. The molecule has 1 aliphatic heterocycles. The topological polar surface area (TPSA) is 59.2 Å². The normalized spacial score (nSPS) is 22.0. The second kappa shape index (κ2) is 3.67. The molecule has 0 spiro atoms. The lowest BCUT2D eigenvalue weighted by molar-refractivity contribution is -0.129. The van der Waals surface area contributed by atoms with Crippen LogP contribution in [0.5, 0.6) is 0 Å². The van der Waals surface area contributed by atoms with E-state index >= 15 is 0 Å². The Morgan fingerprint density at radius 3 is 3.07 bits per heavy atom. The number of hydrogen-bond donors (Lipinski definition) is 1. The van der Waals surface area contributed by atoms with Gasteiger partial charge in [-0.25, -0.2) is 4.98 Å². The highest BCUT2D eigenvalue weighted by atomic mass is 32.1. The minimum absolute atomic E-state index is 0.0536. The van der Waals surface area contributed by atoms with Crippen LogP contribution in [0, 0.1) is 6.92 Å². The van der Waals surface area contributed by atoms with Crippen LogP contribution in [0.2, 0.25) is 0 Å². The lowest BCUT2D eigenvalue weighted by Crippen LogP contribution is -2.33. The fraction of sp³-hybridized carbons (Fsp3) is 0.556. The highest BCUT2D eigenvalue weighted by molar-refractivity contribution is 7.09. The summed E-state index contributed by atoms with van der Waals surface area (Å²) in [5, 5.41) is 2.99. The van der Waals surface area contributed by atoms with E-state index in [0.29, 0.717) is 6.54 Å². The number of nitrogens with two attached hydrogens (primary N) is 1. The molecule has 14 heavy (non-hydrogen) atoms. The largest absolute Gasteiger partial charge is 0.335 e. The number of carbonyl (C=O) groups excluding carboxylic acids is 1. The second-order valence-corrected chi connectivity index (χ2v) is 4.48. The Morgan fingerprint density at radius 2 is 2.57 bits per heavy atom. The predicted molar refractivity (Wildman–Crippen MR) is 54.9 cm³/mol. The molecule has 1 fully saturated rings. The Balaban J connectivity index is 2.02. The average molecular weight is 211 g/mol. The number of hydrogen-bond acceptors (Lipinski definition) is 4. The number of carbonyl (C=O) groups is 1. The van der Waals surface area contributed by atoms with Crippen molar-refractivity contribution in [3.8, 4) is 0 Å². The lowest BCUT2D eigenvalue weighted by Gasteiger charge is -2.13. The summed E-state index contributed by atoms with van der Waals surface area (Å²) in [4.78, 5) is 17.6. The van der Waals surface area contributed by atoms with Crippen molar-refractivity contribution in [1.29, 1.82) is 0 Å². The SMILES string of the molecule is Cc1csc(CN2CCC(N)C2=O)n1. The molecule has 0 aliphatic carbocycles. The molecular weight excluding hydrogens is 198 g/mol. The van der Waals surface area contributed by atoms with E-state index in [-0.39, 0.29) is 11.9 Å². The van der Waals surface area contributed by atoms with E-state index in [4.69, 9.17) is 5.73 Å². The third-order valence-electron chi connectivity index (χ3n) is 2.33. The van der Waals surface area contributed by atoms with Gasteiger partial charge in [0.25, 0.3) is 0 Å². The van der Waals surface area contributed by atoms with Crippen molar-refractivity contribution in [2.75, 3.05) is 6.54 Å². The molecule has 1 atom stereocenters. The van der Waals surface area contributed by atoms with Crippen molar-refractivity contribution >= 4 is 17.2 Å². The first-order valence-corrected chi connectivity index (χ1v) is 5.50. The van der Waals surface area contributed by atoms with Crippen molar-refractivity contribution in [2.24, 2.45) is 5.73 Å². The van der Waals surface area contributed by atoms with Crippen molar-refractivity contribution in [1.82, 2.24) is 9.88 Å². The summed E-state index contributed by atoms with van der Waals surface area (Å²) < 4.78 is 0. The van der Waals surface area contributed by atoms with Gasteiger partial charge in [0.2, 0.25) is 5.91 Å². The van der Waals surface area contributed by atoms with Crippen LogP contribution in [0.4, 0.5) is 0 Å². The molecule has 5 heteroatoms. The van der Waals surface area contributed by atoms with Gasteiger partial charge < -0.3 is 10.6 Å². The molecule has 1 aliphatic rings. The fourth-order valence-corrected chi connectivity index (χ4v) is 2.35. The molecule has 2 N–H and O–H groups in total. The predicted octanol–water partition coefficient (Wildman–Crippen LogP) is 0.511. The molecule has 0 aromatic carbocycles. The van der Waals surface area contributed by atoms with Gasteiger partial charge in [0, 0.05) is 17.6 Å². The van der Waals surface area contributed by atoms with Gasteiger partial charge in [-0.15, -0.1) is 11.3 Å². The molecule has 0 bridgehead atoms. The third kappa shape index (κ3) is 1.78. The second-order valence-electron chi connectivity index (χ2n) is 3.54. The van der Waals surface area contributed by atoms with E-state index in [2.05, 4.69) is 4.98 Å². The van der Waals surface area contributed by atoms with Gasteiger partial charge in [-0.2, -0.15) is 0 Å². The molecule has 1 unspecified atom stereocenters. The van der Waals surface area contributed by atoms with Crippen molar-refractivity contribution in [3.05, 3.63) is 16.1 Å². The smallest absolute Gasteiger partial charge is 0.239 e. The minimum atomic E-state index is -0.295. The summed E-state index contributed by atoms with van der Waals surface area (Å²) in [6, 6.07) is -0.295. The quantitative estimate of drug-likeness (QED) is 0.775. The standard InChI is InChI=1S/C9H13N3OS/c1-6-5-14-8(11-6)4-12-3-2-7(10)9(12)13/h5,7H,2-4,10H2,1H3. The van der Waals surface area contributed by atoms with E-state index < -0.39 is 0 Å². The Hall–Kier alpha value is -0.940. The molecule has 4 nitrogen and oxygen atoms in total. The first kappa shape index (κ1) is 9.61. The van der Waals surface area contributed by atoms with Gasteiger partial charge >= 0.3 is 0 Å². The summed E-state index contributed by atoms with van der Waals surface area (Å²) in [5.41, 5.74) is 6.63. The highest BCUT2D eigenvalue weighted by Gasteiger charge is 2.28. The molecule has 1 aromatic heterocycles. The first-order valence-electron chi connectivity index (χ1n) is 4.62. The molecule has 2 heterocycles. The van der Waals surface area contributed by atoms with E-state index in [1.807, 2.05) is 12.3 Å². The van der Waals surface area contributed by atoms with Crippen LogP contribution >= 0.6 is 11.3 Å². The number of amides is 1. The Kier molecular flexibility index (Phi) is 2.52. The van der Waals surface area contributed by atoms with Gasteiger partial charge in [-0.05, 0) is 13.3 Å². The minimum Gasteiger partial charge on any atom is -0.335 e. The summed E-state index contributed by atoms with van der Waals surface area (Å²) in [6.07, 6.45) is 0.767. The summed E-state index contributed by atoms with van der Waals surface area (Å²) in [6.45, 7) is 3.33. The van der Waals surface area contributed by atoms with E-state index in [1.165, 1.54) is 0 Å². The molecule has 76 valence electrons. The molecular formula is C9H13N3OS. The number of likely N-dealkylation sites (tertiary alicyclic amines) is 1. The van der Waals surface area contributed by atoms with Crippen molar-refractivity contribution < 1.29 is 4.79 Å². The van der Waals surface area contributed by atoms with Crippen LogP contribution in [0.25, 0.3) is 0 Å². The number of aryl methyl sites for hydroxylation is 1. The summed E-state index contributed by atoms with van der Waals surface area (Å²) >= 11 is 1.59. The molecule has 2 rings (SSSR count). The van der Waals surface area contributed by atoms with Crippen molar-refractivity contribution in [2.45, 2.75) is 25.9 Å². The van der Waals surface area contributed by atoms with Crippen LogP contribution in [-0.4, -0.2) is 28.4 Å². The van der Waals surface area contributed by atoms with E-state index in [1.54, 1.807) is 16.2 Å². The maximum absolute atomic E-state index is 11.5. The van der Waals surface area contributed by atoms with Crippen LogP contribution in [0.15, 0.2) is 5.38 Å². The van der Waals surface area contributed by atoms with Gasteiger partial charge in [0.1, 0.15) is 5.01 Å². The first-order chi connectivity index (χ1) is 6.66. The third-order valence-corrected chi connectivity index (χ3v) is 3.28. The van der Waals surface area contributed by atoms with E-state index in [0.717, 1.165) is 23.7 Å². The maximum atomic E-state index is 11.5. The van der Waals surface area contributed by atoms with Gasteiger partial charge in [0.05, 0.1) is 12.6 Å². The van der Waals surface area contributed by atoms with Gasteiger partial charge in [0.15, 0.2) is 0 Å². The zero-order chi connectivity index (χ0) is 10.1. The molecule has 0 saturated carbocycles. The zero-order valence-corrected chi connectivity index (χ0v) is 8.88. The highest BCUT2D eigenvalue weighted by Crippen LogP contribution is 2.16. The van der Waals surface area contributed by atoms with Gasteiger partial charge in [-0.1, -0.05) is 0 Å². The van der Waals surface area contributed by atoms with E-state index in [9.17, 15) is 4.79 Å². The molecule has 0 radical (unpaired) electrons. The number of thiazole rings is 1. The Bertz CT molecular complexity index is 350. The maximum Gasteiger partial charge on any atom is 0.239 e. The number of nitrogens with zero attached hydrogens (tertiary/aromatic N) is 2. The average Bonchev–Trinajstić information content (AvgIpc) is 2.67. The molecule has 1 saturated heterocycles. The van der Waals surface area contributed by atoms with Crippen LogP contribution in [-0.2, 0) is 11.3 Å². The van der Waals surface area contributed by atoms with Crippen LogP contribution in [0.1, 0.15) is 17.1 Å². The lowest BCUT2D eigenvalue weighted by atomic mass is 10.3. The number of aromatic nitrogens is 1. The monoisotopic (exact) mass is 211 g/mol. The Morgan fingerprint density at radius 1 is 1.79 bits per heavy atom. The van der Waals surface area contributed by atoms with Crippen LogP contribution in [0.3, 0.4) is 0 Å². The molecule has 1 aromatic rings. The van der Waals surface area contributed by atoms with Crippen molar-refractivity contribution in [3.63, 3.8) is 0 Å². The zero-order valence-electron chi connectivity index (χ0n) is 8.06. The fourth-order valence-electron chi connectivity index (χ4n) is 1.56. The molecule has 1 amide bonds. The van der Waals surface area contributed by atoms with Gasteiger partial charge in [-0.3, -0.25) is 4.79 Å². The summed E-state index contributed by atoms with van der Waals surface area (Å²) in [7, 11) is 0. The summed E-state index contributed by atoms with van der Waals surface area (Å²) in [5.74, 6) is 0.0536. The van der Waals surface area contributed by atoms with Crippen LogP contribution < -0.4 is 5.73 Å².